The van der Waals surface area contributed by atoms with E-state index in [0.29, 0.717) is 5.92 Å². The third-order valence-corrected chi connectivity index (χ3v) is 2.55. The zero-order valence-electron chi connectivity index (χ0n) is 8.19. The van der Waals surface area contributed by atoms with Crippen LogP contribution in [0.15, 0.2) is 23.9 Å². The van der Waals surface area contributed by atoms with Crippen LogP contribution < -0.4 is 5.32 Å². The highest BCUT2D eigenvalue weighted by atomic mass is 14.9. The van der Waals surface area contributed by atoms with E-state index in [1.807, 2.05) is 6.08 Å². The van der Waals surface area contributed by atoms with Crippen LogP contribution in [0.4, 0.5) is 0 Å². The fraction of sp³-hybridized carbons (Fsp3) is 0.636. The van der Waals surface area contributed by atoms with Gasteiger partial charge in [0.05, 0.1) is 0 Å². The highest BCUT2D eigenvalue weighted by Crippen LogP contribution is 2.22. The van der Waals surface area contributed by atoms with Gasteiger partial charge in [-0.05, 0) is 32.1 Å². The summed E-state index contributed by atoms with van der Waals surface area (Å²) in [4.78, 5) is 0. The molecule has 1 heterocycles. The average molecular weight is 165 g/mol. The summed E-state index contributed by atoms with van der Waals surface area (Å²) < 4.78 is 0. The smallest absolute Gasteiger partial charge is 0.0146 e. The van der Waals surface area contributed by atoms with Gasteiger partial charge in [-0.25, -0.2) is 0 Å². The normalized spacial score (nSPS) is 20.2. The van der Waals surface area contributed by atoms with Crippen molar-refractivity contribution in [1.82, 2.24) is 5.32 Å². The van der Waals surface area contributed by atoms with Gasteiger partial charge < -0.3 is 5.32 Å². The van der Waals surface area contributed by atoms with E-state index in [1.54, 1.807) is 5.57 Å². The lowest BCUT2D eigenvalue weighted by Gasteiger charge is -2.21. The van der Waals surface area contributed by atoms with Crippen molar-refractivity contribution in [3.63, 3.8) is 0 Å². The van der Waals surface area contributed by atoms with Crippen molar-refractivity contribution in [1.29, 1.82) is 0 Å². The van der Waals surface area contributed by atoms with Crippen LogP contribution in [-0.2, 0) is 0 Å². The van der Waals surface area contributed by atoms with Crippen LogP contribution in [0.3, 0.4) is 0 Å². The quantitative estimate of drug-likeness (QED) is 0.634. The molecule has 0 saturated carbocycles. The Hall–Kier alpha value is -0.720. The van der Waals surface area contributed by atoms with Crippen molar-refractivity contribution in [3.05, 3.63) is 23.9 Å². The predicted molar refractivity (Wildman–Crippen MR) is 53.9 cm³/mol. The van der Waals surface area contributed by atoms with Gasteiger partial charge in [0.15, 0.2) is 0 Å². The molecule has 0 radical (unpaired) electrons. The summed E-state index contributed by atoms with van der Waals surface area (Å²) in [5.41, 5.74) is 2.99. The van der Waals surface area contributed by atoms with Gasteiger partial charge in [0.25, 0.3) is 0 Å². The maximum Gasteiger partial charge on any atom is 0.0146 e. The van der Waals surface area contributed by atoms with Gasteiger partial charge in [-0.1, -0.05) is 18.6 Å². The zero-order valence-corrected chi connectivity index (χ0v) is 8.19. The summed E-state index contributed by atoms with van der Waals surface area (Å²) in [5, 5.41) is 3.41. The highest BCUT2D eigenvalue weighted by molar-refractivity contribution is 5.14. The van der Waals surface area contributed by atoms with E-state index in [1.165, 1.54) is 25.0 Å². The van der Waals surface area contributed by atoms with Crippen LogP contribution >= 0.6 is 0 Å². The lowest BCUT2D eigenvalue weighted by molar-refractivity contribution is 0.600. The second-order valence-corrected chi connectivity index (χ2v) is 3.68. The minimum absolute atomic E-state index is 0.620. The standard InChI is InChI=1S/C11H19N/c1-4-9(2)8-11-6-5-7-12-10(11)3/h4,9,12H,1,5-8H2,2-3H3. The third kappa shape index (κ3) is 2.40. The lowest BCUT2D eigenvalue weighted by atomic mass is 9.94. The van der Waals surface area contributed by atoms with Gasteiger partial charge in [0, 0.05) is 12.2 Å². The number of nitrogens with one attached hydrogen (secondary N) is 1. The first kappa shape index (κ1) is 9.37. The Kier molecular flexibility index (Phi) is 3.39. The van der Waals surface area contributed by atoms with Gasteiger partial charge in [-0.15, -0.1) is 6.58 Å². The topological polar surface area (TPSA) is 12.0 Å². The van der Waals surface area contributed by atoms with Crippen LogP contribution in [0.25, 0.3) is 0 Å². The first-order valence-corrected chi connectivity index (χ1v) is 4.79. The highest BCUT2D eigenvalue weighted by Gasteiger charge is 2.09. The van der Waals surface area contributed by atoms with Crippen molar-refractivity contribution >= 4 is 0 Å². The maximum absolute atomic E-state index is 3.81. The Balaban J connectivity index is 2.53. The molecule has 1 N–H and O–H groups in total. The molecule has 0 aliphatic carbocycles. The van der Waals surface area contributed by atoms with Crippen molar-refractivity contribution in [2.75, 3.05) is 6.54 Å². The summed E-state index contributed by atoms with van der Waals surface area (Å²) >= 11 is 0. The molecular formula is C11H19N. The molecule has 1 rings (SSSR count). The van der Waals surface area contributed by atoms with Crippen LogP contribution in [0.2, 0.25) is 0 Å². The monoisotopic (exact) mass is 165 g/mol. The largest absolute Gasteiger partial charge is 0.389 e. The third-order valence-electron chi connectivity index (χ3n) is 2.55. The van der Waals surface area contributed by atoms with E-state index in [0.717, 1.165) is 6.54 Å². The molecule has 1 atom stereocenters. The molecule has 1 unspecified atom stereocenters. The minimum atomic E-state index is 0.620. The van der Waals surface area contributed by atoms with Gasteiger partial charge in [-0.3, -0.25) is 0 Å². The van der Waals surface area contributed by atoms with Gasteiger partial charge in [-0.2, -0.15) is 0 Å². The molecule has 0 spiro atoms. The summed E-state index contributed by atoms with van der Waals surface area (Å²) in [6.45, 7) is 9.37. The van der Waals surface area contributed by atoms with Crippen LogP contribution in [0.1, 0.15) is 33.1 Å². The van der Waals surface area contributed by atoms with Crippen molar-refractivity contribution < 1.29 is 0 Å². The second kappa shape index (κ2) is 4.34. The number of hydrogen-bond donors (Lipinski definition) is 1. The molecular weight excluding hydrogens is 146 g/mol. The van der Waals surface area contributed by atoms with Crippen LogP contribution in [-0.4, -0.2) is 6.54 Å². The van der Waals surface area contributed by atoms with E-state index in [4.69, 9.17) is 0 Å². The Labute approximate surface area is 75.6 Å². The summed E-state index contributed by atoms with van der Waals surface area (Å²) in [5.74, 6) is 0.620. The van der Waals surface area contributed by atoms with Crippen LogP contribution in [0, 0.1) is 5.92 Å². The van der Waals surface area contributed by atoms with Crippen molar-refractivity contribution in [2.45, 2.75) is 33.1 Å². The number of allylic oxidation sites excluding steroid dienone is 3. The van der Waals surface area contributed by atoms with Crippen molar-refractivity contribution in [3.8, 4) is 0 Å². The molecule has 12 heavy (non-hydrogen) atoms. The molecule has 1 aliphatic heterocycles. The first-order chi connectivity index (χ1) is 5.74. The molecule has 0 fully saturated rings. The summed E-state index contributed by atoms with van der Waals surface area (Å²) in [6, 6.07) is 0. The molecule has 68 valence electrons. The Morgan fingerprint density at radius 1 is 1.67 bits per heavy atom. The first-order valence-electron chi connectivity index (χ1n) is 4.79. The lowest BCUT2D eigenvalue weighted by Crippen LogP contribution is -2.20. The summed E-state index contributed by atoms with van der Waals surface area (Å²) in [7, 11) is 0. The fourth-order valence-corrected chi connectivity index (χ4v) is 1.62. The molecule has 0 aromatic carbocycles. The molecule has 0 bridgehead atoms. The van der Waals surface area contributed by atoms with Gasteiger partial charge in [0.2, 0.25) is 0 Å². The SMILES string of the molecule is C=CC(C)CC1=C(C)NCCC1. The average Bonchev–Trinajstić information content (AvgIpc) is 2.09. The predicted octanol–water partition coefficient (Wildman–Crippen LogP) is 2.86. The second-order valence-electron chi connectivity index (χ2n) is 3.68. The van der Waals surface area contributed by atoms with Gasteiger partial charge in [0.1, 0.15) is 0 Å². The molecule has 0 aromatic heterocycles. The van der Waals surface area contributed by atoms with E-state index < -0.39 is 0 Å². The zero-order chi connectivity index (χ0) is 8.97. The fourth-order valence-electron chi connectivity index (χ4n) is 1.62. The van der Waals surface area contributed by atoms with E-state index >= 15 is 0 Å². The van der Waals surface area contributed by atoms with Gasteiger partial charge >= 0.3 is 0 Å². The number of hydrogen-bond acceptors (Lipinski definition) is 1. The number of rotatable bonds is 3. The minimum Gasteiger partial charge on any atom is -0.389 e. The molecule has 1 heteroatoms. The van der Waals surface area contributed by atoms with Crippen LogP contribution in [0.5, 0.6) is 0 Å². The molecule has 0 aromatic rings. The van der Waals surface area contributed by atoms with E-state index in [9.17, 15) is 0 Å². The van der Waals surface area contributed by atoms with E-state index in [2.05, 4.69) is 25.7 Å². The van der Waals surface area contributed by atoms with Crippen molar-refractivity contribution in [2.24, 2.45) is 5.92 Å². The maximum atomic E-state index is 3.81. The molecule has 0 amide bonds. The molecule has 0 saturated heterocycles. The Bertz CT molecular complexity index is 191. The molecule has 1 aliphatic rings. The van der Waals surface area contributed by atoms with E-state index in [-0.39, 0.29) is 0 Å². The Morgan fingerprint density at radius 3 is 3.00 bits per heavy atom. The Morgan fingerprint density at radius 2 is 2.42 bits per heavy atom. The molecule has 1 nitrogen and oxygen atoms in total. The summed E-state index contributed by atoms with van der Waals surface area (Å²) in [6.07, 6.45) is 5.78.